The van der Waals surface area contributed by atoms with Crippen LogP contribution in [0, 0.1) is 0 Å². The van der Waals surface area contributed by atoms with Crippen molar-refractivity contribution < 1.29 is 14.9 Å². The topological polar surface area (TPSA) is 52.9 Å². The maximum atomic E-state index is 10.1. The molecule has 4 heteroatoms. The van der Waals surface area contributed by atoms with Crippen molar-refractivity contribution >= 4 is 5.69 Å². The molecule has 4 nitrogen and oxygen atoms in total. The van der Waals surface area contributed by atoms with E-state index in [1.807, 2.05) is 38.1 Å². The monoisotopic (exact) mass is 265 g/mol. The summed E-state index contributed by atoms with van der Waals surface area (Å²) in [6.07, 6.45) is 0.176. The lowest BCUT2D eigenvalue weighted by molar-refractivity contribution is -0.0422. The number of anilines is 1. The standard InChI is InChI=1S/C15H23NO3/c1-3-15(18)13-6-4-5-7-14(13)16-8-11(2)19-12(9-16)10-17/h4-7,11-12,15,17-18H,3,8-10H2,1-2H3/t11?,12?,15-/m1/s1. The molecule has 1 aromatic carbocycles. The van der Waals surface area contributed by atoms with Crippen LogP contribution in [0.5, 0.6) is 0 Å². The zero-order valence-corrected chi connectivity index (χ0v) is 11.6. The molecule has 0 aliphatic carbocycles. The molecule has 0 bridgehead atoms. The molecule has 0 radical (unpaired) electrons. The van der Waals surface area contributed by atoms with E-state index in [-0.39, 0.29) is 18.8 Å². The SMILES string of the molecule is CC[C@@H](O)c1ccccc1N1CC(C)OC(CO)C1. The molecular formula is C15H23NO3. The predicted molar refractivity (Wildman–Crippen MR) is 75.3 cm³/mol. The maximum Gasteiger partial charge on any atom is 0.0984 e. The summed E-state index contributed by atoms with van der Waals surface area (Å²) >= 11 is 0. The lowest BCUT2D eigenvalue weighted by Gasteiger charge is -2.38. The van der Waals surface area contributed by atoms with Gasteiger partial charge >= 0.3 is 0 Å². The molecular weight excluding hydrogens is 242 g/mol. The van der Waals surface area contributed by atoms with Crippen LogP contribution in [0.25, 0.3) is 0 Å². The van der Waals surface area contributed by atoms with E-state index in [1.165, 1.54) is 0 Å². The minimum atomic E-state index is -0.443. The number of benzene rings is 1. The largest absolute Gasteiger partial charge is 0.394 e. The number of para-hydroxylation sites is 1. The second kappa shape index (κ2) is 6.37. The summed E-state index contributed by atoms with van der Waals surface area (Å²) in [5.41, 5.74) is 2.00. The van der Waals surface area contributed by atoms with Gasteiger partial charge in [0.05, 0.1) is 24.9 Å². The van der Waals surface area contributed by atoms with Crippen molar-refractivity contribution in [1.29, 1.82) is 0 Å². The van der Waals surface area contributed by atoms with Gasteiger partial charge in [-0.15, -0.1) is 0 Å². The van der Waals surface area contributed by atoms with Crippen molar-refractivity contribution in [2.75, 3.05) is 24.6 Å². The molecule has 0 amide bonds. The number of ether oxygens (including phenoxy) is 1. The van der Waals surface area contributed by atoms with E-state index in [0.29, 0.717) is 13.0 Å². The number of aliphatic hydroxyl groups is 2. The molecule has 1 aromatic rings. The normalized spacial score (nSPS) is 25.4. The highest BCUT2D eigenvalue weighted by molar-refractivity contribution is 5.55. The quantitative estimate of drug-likeness (QED) is 0.870. The number of nitrogens with zero attached hydrogens (tertiary/aromatic N) is 1. The van der Waals surface area contributed by atoms with Crippen molar-refractivity contribution in [2.24, 2.45) is 0 Å². The van der Waals surface area contributed by atoms with Crippen molar-refractivity contribution in [2.45, 2.75) is 38.6 Å². The molecule has 1 heterocycles. The zero-order chi connectivity index (χ0) is 13.8. The fourth-order valence-electron chi connectivity index (χ4n) is 2.62. The van der Waals surface area contributed by atoms with Crippen LogP contribution in [0.4, 0.5) is 5.69 Å². The van der Waals surface area contributed by atoms with E-state index in [1.54, 1.807) is 0 Å². The van der Waals surface area contributed by atoms with Gasteiger partial charge in [-0.25, -0.2) is 0 Å². The second-order valence-electron chi connectivity index (χ2n) is 5.14. The van der Waals surface area contributed by atoms with Gasteiger partial charge in [-0.2, -0.15) is 0 Å². The van der Waals surface area contributed by atoms with Crippen LogP contribution < -0.4 is 4.90 Å². The third-order valence-corrected chi connectivity index (χ3v) is 3.55. The van der Waals surface area contributed by atoms with E-state index < -0.39 is 6.10 Å². The molecule has 1 aliphatic rings. The van der Waals surface area contributed by atoms with Crippen molar-refractivity contribution in [1.82, 2.24) is 0 Å². The Morgan fingerprint density at radius 1 is 1.37 bits per heavy atom. The highest BCUT2D eigenvalue weighted by Gasteiger charge is 2.26. The number of hydrogen-bond donors (Lipinski definition) is 2. The Hall–Kier alpha value is -1.10. The van der Waals surface area contributed by atoms with Gasteiger partial charge in [-0.1, -0.05) is 25.1 Å². The minimum absolute atomic E-state index is 0.0271. The Morgan fingerprint density at radius 2 is 2.11 bits per heavy atom. The van der Waals surface area contributed by atoms with E-state index >= 15 is 0 Å². The number of hydrogen-bond acceptors (Lipinski definition) is 4. The summed E-state index contributed by atoms with van der Waals surface area (Å²) in [6.45, 7) is 5.45. The van der Waals surface area contributed by atoms with Gasteiger partial charge < -0.3 is 19.8 Å². The summed E-state index contributed by atoms with van der Waals surface area (Å²) < 4.78 is 5.66. The van der Waals surface area contributed by atoms with Crippen LogP contribution in [0.15, 0.2) is 24.3 Å². The molecule has 0 saturated carbocycles. The molecule has 2 N–H and O–H groups in total. The molecule has 2 rings (SSSR count). The van der Waals surface area contributed by atoms with E-state index in [0.717, 1.165) is 17.8 Å². The van der Waals surface area contributed by atoms with Crippen molar-refractivity contribution in [3.8, 4) is 0 Å². The lowest BCUT2D eigenvalue weighted by atomic mass is 10.0. The molecule has 2 unspecified atom stereocenters. The zero-order valence-electron chi connectivity index (χ0n) is 11.6. The smallest absolute Gasteiger partial charge is 0.0984 e. The highest BCUT2D eigenvalue weighted by atomic mass is 16.5. The van der Waals surface area contributed by atoms with E-state index in [9.17, 15) is 10.2 Å². The number of morpholine rings is 1. The first-order valence-electron chi connectivity index (χ1n) is 6.94. The summed E-state index contributed by atoms with van der Waals surface area (Å²) in [4.78, 5) is 2.20. The van der Waals surface area contributed by atoms with Crippen molar-refractivity contribution in [3.05, 3.63) is 29.8 Å². The summed E-state index contributed by atoms with van der Waals surface area (Å²) in [5, 5.41) is 19.4. The lowest BCUT2D eigenvalue weighted by Crippen LogP contribution is -2.48. The van der Waals surface area contributed by atoms with Gasteiger partial charge in [-0.05, 0) is 19.4 Å². The summed E-state index contributed by atoms with van der Waals surface area (Å²) in [7, 11) is 0. The first kappa shape index (κ1) is 14.3. The average Bonchev–Trinajstić information content (AvgIpc) is 2.45. The van der Waals surface area contributed by atoms with Gasteiger partial charge in [0.1, 0.15) is 0 Å². The third-order valence-electron chi connectivity index (χ3n) is 3.55. The predicted octanol–water partition coefficient (Wildman–Crippen LogP) is 1.72. The molecule has 1 fully saturated rings. The molecule has 0 spiro atoms. The van der Waals surface area contributed by atoms with Crippen LogP contribution in [0.2, 0.25) is 0 Å². The molecule has 106 valence electrons. The Labute approximate surface area is 114 Å². The maximum absolute atomic E-state index is 10.1. The molecule has 0 aromatic heterocycles. The second-order valence-corrected chi connectivity index (χ2v) is 5.14. The Balaban J connectivity index is 2.25. The first-order chi connectivity index (χ1) is 9.15. The fraction of sp³-hybridized carbons (Fsp3) is 0.600. The highest BCUT2D eigenvalue weighted by Crippen LogP contribution is 2.30. The fourth-order valence-corrected chi connectivity index (χ4v) is 2.62. The van der Waals surface area contributed by atoms with Crippen LogP contribution >= 0.6 is 0 Å². The summed E-state index contributed by atoms with van der Waals surface area (Å²) in [5.74, 6) is 0. The average molecular weight is 265 g/mol. The van der Waals surface area contributed by atoms with Crippen molar-refractivity contribution in [3.63, 3.8) is 0 Å². The third kappa shape index (κ3) is 3.26. The van der Waals surface area contributed by atoms with Crippen LogP contribution in [-0.4, -0.2) is 42.1 Å². The molecule has 19 heavy (non-hydrogen) atoms. The molecule has 3 atom stereocenters. The first-order valence-corrected chi connectivity index (χ1v) is 6.94. The molecule has 1 aliphatic heterocycles. The number of rotatable bonds is 4. The Morgan fingerprint density at radius 3 is 2.79 bits per heavy atom. The number of aliphatic hydroxyl groups excluding tert-OH is 2. The van der Waals surface area contributed by atoms with Gasteiger partial charge in [0.25, 0.3) is 0 Å². The van der Waals surface area contributed by atoms with Crippen LogP contribution in [0.1, 0.15) is 31.9 Å². The van der Waals surface area contributed by atoms with Gasteiger partial charge in [0.2, 0.25) is 0 Å². The van der Waals surface area contributed by atoms with Gasteiger partial charge in [0.15, 0.2) is 0 Å². The van der Waals surface area contributed by atoms with Crippen LogP contribution in [0.3, 0.4) is 0 Å². The Kier molecular flexibility index (Phi) is 4.80. The van der Waals surface area contributed by atoms with Gasteiger partial charge in [-0.3, -0.25) is 0 Å². The van der Waals surface area contributed by atoms with Gasteiger partial charge in [0, 0.05) is 24.3 Å². The Bertz CT molecular complexity index is 410. The van der Waals surface area contributed by atoms with E-state index in [4.69, 9.17) is 4.74 Å². The van der Waals surface area contributed by atoms with E-state index in [2.05, 4.69) is 4.90 Å². The summed E-state index contributed by atoms with van der Waals surface area (Å²) in [6, 6.07) is 7.93. The minimum Gasteiger partial charge on any atom is -0.394 e. The molecule has 1 saturated heterocycles. The van der Waals surface area contributed by atoms with Crippen LogP contribution in [-0.2, 0) is 4.74 Å².